The highest BCUT2D eigenvalue weighted by Crippen LogP contribution is 2.60. The third-order valence-electron chi connectivity index (χ3n) is 7.71. The molecule has 3 unspecified atom stereocenters. The highest BCUT2D eigenvalue weighted by Gasteiger charge is 2.76. The van der Waals surface area contributed by atoms with Gasteiger partial charge in [-0.2, -0.15) is 0 Å². The summed E-state index contributed by atoms with van der Waals surface area (Å²) < 4.78 is 6.59. The number of ether oxygens (including phenoxy) is 1. The number of amides is 3. The van der Waals surface area contributed by atoms with Crippen LogP contribution in [0.4, 0.5) is 0 Å². The molecule has 3 aliphatic heterocycles. The number of rotatable bonds is 15. The SMILES string of the molecule is C=CCN(CCCCC)C(=O)C1N(CCCO)C(=O)[C@@H]2[C@@H](C(=O)N(CC=C)CCC)[C@@H]3OC12CC3Br. The first kappa shape index (κ1) is 28.9. The van der Waals surface area contributed by atoms with Crippen molar-refractivity contribution in [2.24, 2.45) is 11.8 Å². The molecule has 36 heavy (non-hydrogen) atoms. The van der Waals surface area contributed by atoms with Crippen molar-refractivity contribution in [1.29, 1.82) is 0 Å². The van der Waals surface area contributed by atoms with Crippen LogP contribution in [0, 0.1) is 11.8 Å². The summed E-state index contributed by atoms with van der Waals surface area (Å²) >= 11 is 3.72. The Morgan fingerprint density at radius 2 is 1.78 bits per heavy atom. The van der Waals surface area contributed by atoms with Gasteiger partial charge in [0.05, 0.1) is 17.9 Å². The lowest BCUT2D eigenvalue weighted by molar-refractivity contribution is -0.148. The summed E-state index contributed by atoms with van der Waals surface area (Å²) in [6, 6.07) is -0.829. The van der Waals surface area contributed by atoms with Gasteiger partial charge >= 0.3 is 0 Å². The summed E-state index contributed by atoms with van der Waals surface area (Å²) in [5, 5.41) is 9.52. The van der Waals surface area contributed by atoms with Crippen LogP contribution < -0.4 is 0 Å². The summed E-state index contributed by atoms with van der Waals surface area (Å²) in [4.78, 5) is 46.8. The lowest BCUT2D eigenvalue weighted by Gasteiger charge is -2.37. The number of hydrogen-bond donors (Lipinski definition) is 1. The number of aliphatic hydroxyl groups is 1. The van der Waals surface area contributed by atoms with Crippen molar-refractivity contribution in [3.8, 4) is 0 Å². The Labute approximate surface area is 223 Å². The molecular formula is C27H42BrN3O5. The normalized spacial score (nSPS) is 30.4. The fourth-order valence-corrected chi connectivity index (χ4v) is 7.22. The molecule has 1 N–H and O–H groups in total. The Balaban J connectivity index is 2.01. The molecule has 8 nitrogen and oxygen atoms in total. The molecule has 3 aliphatic rings. The molecule has 3 fully saturated rings. The summed E-state index contributed by atoms with van der Waals surface area (Å²) in [5.41, 5.74) is -1.07. The van der Waals surface area contributed by atoms with Gasteiger partial charge in [-0.25, -0.2) is 0 Å². The second-order valence-corrected chi connectivity index (χ2v) is 11.3. The first-order chi connectivity index (χ1) is 17.3. The van der Waals surface area contributed by atoms with Crippen LogP contribution in [-0.4, -0.2) is 99.4 Å². The quantitative estimate of drug-likeness (QED) is 0.187. The third-order valence-corrected chi connectivity index (χ3v) is 8.56. The molecule has 1 spiro atoms. The van der Waals surface area contributed by atoms with Crippen LogP contribution in [0.2, 0.25) is 0 Å². The zero-order chi connectivity index (χ0) is 26.5. The fourth-order valence-electron chi connectivity index (χ4n) is 6.27. The Morgan fingerprint density at radius 1 is 1.11 bits per heavy atom. The summed E-state index contributed by atoms with van der Waals surface area (Å²) in [7, 11) is 0. The molecule has 202 valence electrons. The zero-order valence-corrected chi connectivity index (χ0v) is 23.3. The van der Waals surface area contributed by atoms with Gasteiger partial charge in [0, 0.05) is 44.2 Å². The molecule has 0 aliphatic carbocycles. The number of fused-ring (bicyclic) bond motifs is 1. The van der Waals surface area contributed by atoms with Gasteiger partial charge in [0.1, 0.15) is 11.6 Å². The number of hydrogen-bond acceptors (Lipinski definition) is 5. The molecule has 0 aromatic rings. The van der Waals surface area contributed by atoms with Crippen LogP contribution in [0.15, 0.2) is 25.3 Å². The monoisotopic (exact) mass is 567 g/mol. The lowest BCUT2D eigenvalue weighted by atomic mass is 9.70. The molecular weight excluding hydrogens is 526 g/mol. The smallest absolute Gasteiger partial charge is 0.248 e. The minimum atomic E-state index is -1.07. The summed E-state index contributed by atoms with van der Waals surface area (Å²) in [5.74, 6) is -1.88. The van der Waals surface area contributed by atoms with Crippen molar-refractivity contribution >= 4 is 33.7 Å². The second kappa shape index (κ2) is 12.7. The highest BCUT2D eigenvalue weighted by atomic mass is 79.9. The molecule has 0 aromatic carbocycles. The summed E-state index contributed by atoms with van der Waals surface area (Å²) in [6.07, 6.45) is 7.46. The van der Waals surface area contributed by atoms with E-state index in [0.29, 0.717) is 39.0 Å². The van der Waals surface area contributed by atoms with E-state index in [0.717, 1.165) is 25.7 Å². The maximum absolute atomic E-state index is 14.1. The van der Waals surface area contributed by atoms with Gasteiger partial charge in [0.15, 0.2) is 0 Å². The van der Waals surface area contributed by atoms with Gasteiger partial charge in [0.2, 0.25) is 17.7 Å². The Morgan fingerprint density at radius 3 is 2.36 bits per heavy atom. The average molecular weight is 569 g/mol. The minimum absolute atomic E-state index is 0.0915. The van der Waals surface area contributed by atoms with E-state index >= 15 is 0 Å². The van der Waals surface area contributed by atoms with Gasteiger partial charge in [-0.15, -0.1) is 13.2 Å². The number of likely N-dealkylation sites (tertiary alicyclic amines) is 1. The second-order valence-electron chi connectivity index (χ2n) is 10.1. The Kier molecular flexibility index (Phi) is 10.2. The molecule has 0 saturated carbocycles. The predicted octanol–water partition coefficient (Wildman–Crippen LogP) is 2.75. The van der Waals surface area contributed by atoms with E-state index in [1.54, 1.807) is 26.9 Å². The number of unbranched alkanes of at least 4 members (excludes halogenated alkanes) is 2. The van der Waals surface area contributed by atoms with Crippen LogP contribution in [0.5, 0.6) is 0 Å². The fraction of sp³-hybridized carbons (Fsp3) is 0.741. The largest absolute Gasteiger partial charge is 0.396 e. The van der Waals surface area contributed by atoms with Gasteiger partial charge in [0.25, 0.3) is 0 Å². The number of carbonyl (C=O) groups excluding carboxylic acids is 3. The minimum Gasteiger partial charge on any atom is -0.396 e. The van der Waals surface area contributed by atoms with E-state index < -0.39 is 29.6 Å². The van der Waals surface area contributed by atoms with E-state index in [1.807, 2.05) is 6.92 Å². The predicted molar refractivity (Wildman–Crippen MR) is 142 cm³/mol. The topological polar surface area (TPSA) is 90.4 Å². The van der Waals surface area contributed by atoms with Gasteiger partial charge in [-0.3, -0.25) is 14.4 Å². The Bertz CT molecular complexity index is 838. The molecule has 3 rings (SSSR count). The van der Waals surface area contributed by atoms with E-state index in [9.17, 15) is 19.5 Å². The van der Waals surface area contributed by atoms with Crippen molar-refractivity contribution in [2.45, 2.75) is 74.9 Å². The van der Waals surface area contributed by atoms with Gasteiger partial charge < -0.3 is 24.5 Å². The molecule has 3 heterocycles. The highest BCUT2D eigenvalue weighted by molar-refractivity contribution is 9.09. The molecule has 3 saturated heterocycles. The van der Waals surface area contributed by atoms with E-state index in [-0.39, 0.29) is 35.7 Å². The zero-order valence-electron chi connectivity index (χ0n) is 21.7. The van der Waals surface area contributed by atoms with Crippen LogP contribution in [0.25, 0.3) is 0 Å². The first-order valence-corrected chi connectivity index (χ1v) is 14.3. The van der Waals surface area contributed by atoms with Crippen molar-refractivity contribution in [3.63, 3.8) is 0 Å². The third kappa shape index (κ3) is 5.16. The van der Waals surface area contributed by atoms with Crippen molar-refractivity contribution in [3.05, 3.63) is 25.3 Å². The average Bonchev–Trinajstić information content (AvgIpc) is 3.44. The molecule has 2 bridgehead atoms. The van der Waals surface area contributed by atoms with E-state index in [1.165, 1.54) is 0 Å². The molecule has 0 aromatic heterocycles. The van der Waals surface area contributed by atoms with Crippen LogP contribution >= 0.6 is 15.9 Å². The number of alkyl halides is 1. The molecule has 6 atom stereocenters. The van der Waals surface area contributed by atoms with Crippen molar-refractivity contribution < 1.29 is 24.2 Å². The van der Waals surface area contributed by atoms with Crippen LogP contribution in [-0.2, 0) is 19.1 Å². The maximum Gasteiger partial charge on any atom is 0.248 e. The lowest BCUT2D eigenvalue weighted by Crippen LogP contribution is -2.57. The first-order valence-electron chi connectivity index (χ1n) is 13.3. The van der Waals surface area contributed by atoms with Crippen LogP contribution in [0.3, 0.4) is 0 Å². The van der Waals surface area contributed by atoms with Gasteiger partial charge in [-0.05, 0) is 25.7 Å². The number of halogens is 1. The number of carbonyl (C=O) groups is 3. The standard InChI is InChI=1S/C27H42BrN3O5/c1-5-9-10-15-30(14-8-4)26(35)23-27-18-19(28)22(36-27)20(24(33)29(12-6-2)13-7-3)21(27)25(34)31(23)16-11-17-32/h6,8,19-23,32H,2,4-5,7,9-18H2,1,3H3/t19?,20-,21+,22-,23?,27?/m1/s1. The summed E-state index contributed by atoms with van der Waals surface area (Å²) in [6.45, 7) is 13.8. The number of nitrogens with zero attached hydrogens (tertiary/aromatic N) is 3. The van der Waals surface area contributed by atoms with Crippen molar-refractivity contribution in [1.82, 2.24) is 14.7 Å². The van der Waals surface area contributed by atoms with Gasteiger partial charge in [-0.1, -0.05) is 54.8 Å². The van der Waals surface area contributed by atoms with E-state index in [2.05, 4.69) is 36.0 Å². The van der Waals surface area contributed by atoms with E-state index in [4.69, 9.17) is 4.74 Å². The van der Waals surface area contributed by atoms with Crippen LogP contribution in [0.1, 0.15) is 52.4 Å². The maximum atomic E-state index is 14.1. The van der Waals surface area contributed by atoms with Crippen molar-refractivity contribution in [2.75, 3.05) is 39.3 Å². The number of aliphatic hydroxyl groups excluding tert-OH is 1. The molecule has 9 heteroatoms. The Hall–Kier alpha value is -1.71. The molecule has 3 amide bonds. The molecule has 0 radical (unpaired) electrons.